The smallest absolute Gasteiger partial charge is 0.339 e. The SMILES string of the molecule is CCCCCCCCCCCCC[C](=O)[Na].O=C(O)c1ccccc1O. The molecular formula is C21H33NaO4. The van der Waals surface area contributed by atoms with Gasteiger partial charge in [-0.3, -0.25) is 0 Å². The van der Waals surface area contributed by atoms with Crippen molar-refractivity contribution in [3.05, 3.63) is 29.8 Å². The molecule has 0 fully saturated rings. The van der Waals surface area contributed by atoms with Gasteiger partial charge in [0.15, 0.2) is 0 Å². The monoisotopic (exact) mass is 372 g/mol. The number of carboxylic acid groups (broad SMARTS) is 1. The van der Waals surface area contributed by atoms with Gasteiger partial charge in [0.25, 0.3) is 0 Å². The summed E-state index contributed by atoms with van der Waals surface area (Å²) in [5.74, 6) is -1.31. The molecule has 0 unspecified atom stereocenters. The molecule has 0 amide bonds. The Morgan fingerprint density at radius 3 is 1.69 bits per heavy atom. The Kier molecular flexibility index (Phi) is 17.0. The first kappa shape index (κ1) is 25.2. The predicted octanol–water partition coefficient (Wildman–Crippen LogP) is 5.47. The normalized spacial score (nSPS) is 10.1. The van der Waals surface area contributed by atoms with E-state index in [2.05, 4.69) is 6.92 Å². The van der Waals surface area contributed by atoms with E-state index in [1.807, 2.05) is 0 Å². The molecule has 0 saturated heterocycles. The maximum atomic E-state index is 10.8. The standard InChI is InChI=1S/C14H27O.C7H6O3.Na/c1-2-3-4-5-6-7-8-9-10-11-12-13-14-15;8-6-4-2-1-3-5(6)7(9)10;/h2-13H2,1H3;1-4,8H,(H,9,10);. The summed E-state index contributed by atoms with van der Waals surface area (Å²) >= 11 is 0.751. The van der Waals surface area contributed by atoms with Crippen LogP contribution in [0.15, 0.2) is 24.3 Å². The zero-order chi connectivity index (χ0) is 19.6. The number of phenols is 1. The van der Waals surface area contributed by atoms with Gasteiger partial charge in [-0.05, 0) is 12.1 Å². The maximum Gasteiger partial charge on any atom is 0.339 e. The van der Waals surface area contributed by atoms with Crippen molar-refractivity contribution in [3.8, 4) is 5.75 Å². The first-order chi connectivity index (χ1) is 12.5. The van der Waals surface area contributed by atoms with Crippen LogP contribution in [0.3, 0.4) is 0 Å². The van der Waals surface area contributed by atoms with E-state index in [0.29, 0.717) is 3.03 Å². The summed E-state index contributed by atoms with van der Waals surface area (Å²) in [7, 11) is 0. The molecule has 1 aromatic rings. The third kappa shape index (κ3) is 15.4. The van der Waals surface area contributed by atoms with Crippen molar-refractivity contribution in [1.82, 2.24) is 0 Å². The Hall–Kier alpha value is -0.840. The van der Waals surface area contributed by atoms with Gasteiger partial charge in [-0.2, -0.15) is 0 Å². The van der Waals surface area contributed by atoms with Crippen molar-refractivity contribution in [2.45, 2.75) is 84.0 Å². The predicted molar refractivity (Wildman–Crippen MR) is 107 cm³/mol. The topological polar surface area (TPSA) is 74.6 Å². The maximum absolute atomic E-state index is 10.8. The summed E-state index contributed by atoms with van der Waals surface area (Å²) in [5, 5.41) is 17.3. The minimum atomic E-state index is -1.11. The van der Waals surface area contributed by atoms with E-state index < -0.39 is 5.97 Å². The second kappa shape index (κ2) is 17.6. The molecule has 0 spiro atoms. The molecule has 0 aromatic heterocycles. The summed E-state index contributed by atoms with van der Waals surface area (Å²) in [5.41, 5.74) is -0.0671. The van der Waals surface area contributed by atoms with Gasteiger partial charge in [0, 0.05) is 0 Å². The third-order valence-corrected chi connectivity index (χ3v) is 4.77. The molecule has 5 heteroatoms. The van der Waals surface area contributed by atoms with E-state index in [0.717, 1.165) is 40.8 Å². The molecule has 0 atom stereocenters. The Balaban J connectivity index is 0.000000531. The average molecular weight is 372 g/mol. The van der Waals surface area contributed by atoms with Gasteiger partial charge in [0.05, 0.1) is 0 Å². The van der Waals surface area contributed by atoms with Gasteiger partial charge in [0.2, 0.25) is 0 Å². The number of hydrogen-bond donors (Lipinski definition) is 2. The van der Waals surface area contributed by atoms with Crippen LogP contribution < -0.4 is 0 Å². The fourth-order valence-electron chi connectivity index (χ4n) is 2.69. The minimum Gasteiger partial charge on any atom is -0.507 e. The van der Waals surface area contributed by atoms with E-state index in [-0.39, 0.29) is 11.3 Å². The number of aromatic carboxylic acids is 1. The van der Waals surface area contributed by atoms with Crippen LogP contribution >= 0.6 is 0 Å². The number of carbonyl (C=O) groups is 2. The Morgan fingerprint density at radius 2 is 1.31 bits per heavy atom. The van der Waals surface area contributed by atoms with Crippen LogP contribution in [0.5, 0.6) is 5.75 Å². The number of carboxylic acids is 1. The van der Waals surface area contributed by atoms with Crippen molar-refractivity contribution in [1.29, 1.82) is 0 Å². The fourth-order valence-corrected chi connectivity index (χ4v) is 3.05. The van der Waals surface area contributed by atoms with Crippen LogP contribution in [-0.4, -0.2) is 47.1 Å². The molecule has 4 nitrogen and oxygen atoms in total. The molecule has 1 rings (SSSR count). The number of benzene rings is 1. The van der Waals surface area contributed by atoms with E-state index in [9.17, 15) is 9.59 Å². The van der Waals surface area contributed by atoms with Crippen LogP contribution in [0.25, 0.3) is 0 Å². The second-order valence-corrected chi connectivity index (χ2v) is 7.93. The molecule has 0 aliphatic heterocycles. The molecule has 0 heterocycles. The number of aromatic hydroxyl groups is 1. The Bertz CT molecular complexity index is 503. The van der Waals surface area contributed by atoms with Crippen molar-refractivity contribution in [2.24, 2.45) is 0 Å². The van der Waals surface area contributed by atoms with Crippen molar-refractivity contribution in [2.75, 3.05) is 0 Å². The number of rotatable bonds is 13. The zero-order valence-corrected chi connectivity index (χ0v) is 18.5. The number of unbranched alkanes of at least 4 members (excludes halogenated alkanes) is 10. The number of para-hydroxylation sites is 1. The molecule has 0 bridgehead atoms. The van der Waals surface area contributed by atoms with E-state index in [1.165, 1.54) is 76.3 Å². The van der Waals surface area contributed by atoms with Gasteiger partial charge < -0.3 is 10.2 Å². The summed E-state index contributed by atoms with van der Waals surface area (Å²) in [4.78, 5) is 21.0. The van der Waals surface area contributed by atoms with E-state index in [1.54, 1.807) is 12.1 Å². The van der Waals surface area contributed by atoms with Crippen molar-refractivity contribution >= 4 is 36.9 Å². The van der Waals surface area contributed by atoms with E-state index in [4.69, 9.17) is 10.2 Å². The molecule has 0 saturated carbocycles. The molecule has 0 aliphatic rings. The summed E-state index contributed by atoms with van der Waals surface area (Å²) in [6.07, 6.45) is 15.8. The minimum absolute atomic E-state index is 0.0671. The molecule has 1 aromatic carbocycles. The largest absolute Gasteiger partial charge is 0.507 e. The molecule has 26 heavy (non-hydrogen) atoms. The summed E-state index contributed by atoms with van der Waals surface area (Å²) < 4.78 is 0.482. The van der Waals surface area contributed by atoms with Gasteiger partial charge in [-0.25, -0.2) is 4.79 Å². The second-order valence-electron chi connectivity index (χ2n) is 6.81. The van der Waals surface area contributed by atoms with Crippen molar-refractivity contribution < 1.29 is 19.8 Å². The van der Waals surface area contributed by atoms with Crippen LogP contribution in [0.2, 0.25) is 0 Å². The summed E-state index contributed by atoms with van der Waals surface area (Å²) in [6.45, 7) is 2.27. The quantitative estimate of drug-likeness (QED) is 0.355. The summed E-state index contributed by atoms with van der Waals surface area (Å²) in [6, 6.07) is 5.81. The van der Waals surface area contributed by atoms with Crippen LogP contribution in [0.4, 0.5) is 0 Å². The van der Waals surface area contributed by atoms with Gasteiger partial charge in [-0.15, -0.1) is 0 Å². The van der Waals surface area contributed by atoms with Crippen LogP contribution in [0, 0.1) is 0 Å². The Morgan fingerprint density at radius 1 is 0.846 bits per heavy atom. The van der Waals surface area contributed by atoms with Crippen LogP contribution in [0.1, 0.15) is 94.3 Å². The van der Waals surface area contributed by atoms with E-state index >= 15 is 0 Å². The zero-order valence-electron chi connectivity index (χ0n) is 16.5. The molecule has 0 radical (unpaired) electrons. The first-order valence-electron chi connectivity index (χ1n) is 9.99. The molecule has 0 aliphatic carbocycles. The third-order valence-electron chi connectivity index (χ3n) is 4.27. The van der Waals surface area contributed by atoms with Gasteiger partial charge >= 0.3 is 112 Å². The fraction of sp³-hybridized carbons (Fsp3) is 0.619. The number of carbonyl (C=O) groups excluding carboxylic acids is 1. The van der Waals surface area contributed by atoms with Gasteiger partial charge in [0.1, 0.15) is 11.3 Å². The van der Waals surface area contributed by atoms with Gasteiger partial charge in [-0.1, -0.05) is 25.5 Å². The van der Waals surface area contributed by atoms with Crippen molar-refractivity contribution in [3.63, 3.8) is 0 Å². The molecular weight excluding hydrogens is 339 g/mol. The average Bonchev–Trinajstić information content (AvgIpc) is 2.60. The first-order valence-corrected chi connectivity index (χ1v) is 11.0. The molecule has 2 N–H and O–H groups in total. The Labute approximate surface area is 175 Å². The van der Waals surface area contributed by atoms with Crippen LogP contribution in [-0.2, 0) is 4.79 Å². The number of hydrogen-bond acceptors (Lipinski definition) is 3. The molecule has 142 valence electrons.